The topological polar surface area (TPSA) is 77.3 Å². The Kier molecular flexibility index (Phi) is 4.49. The maximum Gasteiger partial charge on any atom is 0.272 e. The normalized spacial score (nSPS) is 10.4. The number of aromatic nitrogens is 1. The van der Waals surface area contributed by atoms with Gasteiger partial charge in [0, 0.05) is 30.4 Å². The third-order valence-electron chi connectivity index (χ3n) is 3.08. The molecule has 6 heteroatoms. The Balaban J connectivity index is 2.23. The number of nitro benzene ring substituents is 1. The first kappa shape index (κ1) is 14.9. The van der Waals surface area contributed by atoms with Gasteiger partial charge in [-0.2, -0.15) is 0 Å². The molecule has 0 amide bonds. The predicted molar refractivity (Wildman–Crippen MR) is 79.6 cm³/mol. The van der Waals surface area contributed by atoms with Crippen LogP contribution in [0.4, 0.5) is 5.69 Å². The van der Waals surface area contributed by atoms with Gasteiger partial charge >= 0.3 is 0 Å². The van der Waals surface area contributed by atoms with E-state index in [1.807, 2.05) is 13.1 Å². The summed E-state index contributed by atoms with van der Waals surface area (Å²) in [4.78, 5) is 14.7. The molecule has 0 unspecified atom stereocenters. The summed E-state index contributed by atoms with van der Waals surface area (Å²) in [6.45, 7) is 4.20. The van der Waals surface area contributed by atoms with Crippen molar-refractivity contribution in [3.8, 4) is 11.6 Å². The summed E-state index contributed by atoms with van der Waals surface area (Å²) in [5, 5.41) is 13.9. The fraction of sp³-hybridized carbons (Fsp3) is 0.267. The highest BCUT2D eigenvalue weighted by Gasteiger charge is 2.14. The van der Waals surface area contributed by atoms with Gasteiger partial charge in [0.05, 0.1) is 4.92 Å². The summed E-state index contributed by atoms with van der Waals surface area (Å²) in [7, 11) is 1.87. The lowest BCUT2D eigenvalue weighted by Crippen LogP contribution is -2.05. The highest BCUT2D eigenvalue weighted by atomic mass is 16.6. The molecule has 0 aliphatic rings. The minimum absolute atomic E-state index is 0.0946. The molecule has 2 rings (SSSR count). The van der Waals surface area contributed by atoms with E-state index >= 15 is 0 Å². The van der Waals surface area contributed by atoms with Crippen LogP contribution in [0.1, 0.15) is 16.7 Å². The maximum absolute atomic E-state index is 10.9. The van der Waals surface area contributed by atoms with Gasteiger partial charge < -0.3 is 10.1 Å². The molecular weight excluding hydrogens is 270 g/mol. The molecule has 0 spiro atoms. The average Bonchev–Trinajstić information content (AvgIpc) is 2.44. The maximum atomic E-state index is 10.9. The lowest BCUT2D eigenvalue weighted by atomic mass is 10.1. The van der Waals surface area contributed by atoms with E-state index in [2.05, 4.69) is 10.3 Å². The molecule has 110 valence electrons. The number of ether oxygens (including phenoxy) is 1. The summed E-state index contributed by atoms with van der Waals surface area (Å²) in [6.07, 6.45) is 1.74. The van der Waals surface area contributed by atoms with Crippen molar-refractivity contribution in [2.45, 2.75) is 20.4 Å². The van der Waals surface area contributed by atoms with Crippen molar-refractivity contribution in [2.24, 2.45) is 0 Å². The fourth-order valence-electron chi connectivity index (χ4n) is 1.97. The van der Waals surface area contributed by atoms with Crippen LogP contribution in [0.5, 0.6) is 11.6 Å². The Morgan fingerprint density at radius 1 is 1.29 bits per heavy atom. The number of nitrogens with one attached hydrogen (secondary N) is 1. The third kappa shape index (κ3) is 3.55. The molecule has 21 heavy (non-hydrogen) atoms. The highest BCUT2D eigenvalue weighted by molar-refractivity contribution is 5.50. The van der Waals surface area contributed by atoms with Gasteiger partial charge in [0.1, 0.15) is 5.75 Å². The van der Waals surface area contributed by atoms with Crippen LogP contribution in [0.2, 0.25) is 0 Å². The van der Waals surface area contributed by atoms with Crippen molar-refractivity contribution in [3.05, 3.63) is 57.3 Å². The molecular formula is C15H17N3O3. The van der Waals surface area contributed by atoms with Gasteiger partial charge in [-0.3, -0.25) is 10.1 Å². The van der Waals surface area contributed by atoms with Gasteiger partial charge in [-0.05, 0) is 38.1 Å². The second-order valence-corrected chi connectivity index (χ2v) is 4.80. The third-order valence-corrected chi connectivity index (χ3v) is 3.08. The number of rotatable bonds is 5. The average molecular weight is 287 g/mol. The Morgan fingerprint density at radius 3 is 2.62 bits per heavy atom. The molecule has 0 saturated heterocycles. The van der Waals surface area contributed by atoms with Crippen LogP contribution in [0.15, 0.2) is 30.5 Å². The van der Waals surface area contributed by atoms with Gasteiger partial charge in [0.2, 0.25) is 5.88 Å². The zero-order chi connectivity index (χ0) is 15.4. The van der Waals surface area contributed by atoms with Gasteiger partial charge in [-0.25, -0.2) is 4.98 Å². The first-order valence-corrected chi connectivity index (χ1v) is 6.54. The summed E-state index contributed by atoms with van der Waals surface area (Å²) < 4.78 is 5.70. The monoisotopic (exact) mass is 287 g/mol. The van der Waals surface area contributed by atoms with Gasteiger partial charge in [0.25, 0.3) is 5.69 Å². The van der Waals surface area contributed by atoms with Crippen molar-refractivity contribution in [3.63, 3.8) is 0 Å². The Labute approximate surface area is 122 Å². The smallest absolute Gasteiger partial charge is 0.272 e. The van der Waals surface area contributed by atoms with Crippen molar-refractivity contribution in [1.82, 2.24) is 10.3 Å². The molecule has 0 aliphatic heterocycles. The van der Waals surface area contributed by atoms with E-state index in [1.54, 1.807) is 32.2 Å². The second kappa shape index (κ2) is 6.32. The zero-order valence-electron chi connectivity index (χ0n) is 12.2. The van der Waals surface area contributed by atoms with Gasteiger partial charge in [0.15, 0.2) is 0 Å². The van der Waals surface area contributed by atoms with E-state index in [0.29, 0.717) is 22.8 Å². The number of nitro groups is 1. The van der Waals surface area contributed by atoms with Crippen LogP contribution >= 0.6 is 0 Å². The zero-order valence-corrected chi connectivity index (χ0v) is 12.2. The Morgan fingerprint density at radius 2 is 2.05 bits per heavy atom. The lowest BCUT2D eigenvalue weighted by Gasteiger charge is -2.09. The van der Waals surface area contributed by atoms with E-state index in [9.17, 15) is 10.1 Å². The number of aryl methyl sites for hydroxylation is 2. The highest BCUT2D eigenvalue weighted by Crippen LogP contribution is 2.30. The minimum Gasteiger partial charge on any atom is -0.439 e. The summed E-state index contributed by atoms with van der Waals surface area (Å²) in [5.74, 6) is 1.04. The number of benzene rings is 1. The van der Waals surface area contributed by atoms with E-state index in [1.165, 1.54) is 6.07 Å². The van der Waals surface area contributed by atoms with Gasteiger partial charge in [-0.1, -0.05) is 6.07 Å². The van der Waals surface area contributed by atoms with E-state index in [4.69, 9.17) is 4.74 Å². The largest absolute Gasteiger partial charge is 0.439 e. The number of nitrogens with zero attached hydrogens (tertiary/aromatic N) is 2. The Bertz CT molecular complexity index is 654. The van der Waals surface area contributed by atoms with Crippen LogP contribution in [-0.2, 0) is 6.54 Å². The Hall–Kier alpha value is -2.47. The number of pyridine rings is 1. The molecule has 0 fully saturated rings. The van der Waals surface area contributed by atoms with Crippen molar-refractivity contribution in [1.29, 1.82) is 0 Å². The van der Waals surface area contributed by atoms with Crippen LogP contribution in [-0.4, -0.2) is 17.0 Å². The predicted octanol–water partition coefficient (Wildman–Crippen LogP) is 3.12. The van der Waals surface area contributed by atoms with E-state index in [0.717, 1.165) is 12.1 Å². The van der Waals surface area contributed by atoms with Crippen molar-refractivity contribution in [2.75, 3.05) is 7.05 Å². The van der Waals surface area contributed by atoms with Crippen LogP contribution < -0.4 is 10.1 Å². The quantitative estimate of drug-likeness (QED) is 0.675. The molecule has 0 atom stereocenters. The fourth-order valence-corrected chi connectivity index (χ4v) is 1.97. The standard InChI is InChI=1S/C15H17N3O3/c1-10-7-14(11(2)6-13(10)18(19)20)21-15-5-4-12(8-16-3)9-17-15/h4-7,9,16H,8H2,1-3H3. The molecule has 1 N–H and O–H groups in total. The summed E-state index contributed by atoms with van der Waals surface area (Å²) in [6, 6.07) is 6.88. The summed E-state index contributed by atoms with van der Waals surface area (Å²) in [5.41, 5.74) is 2.42. The van der Waals surface area contributed by atoms with Crippen molar-refractivity contribution >= 4 is 5.69 Å². The minimum atomic E-state index is -0.392. The summed E-state index contributed by atoms with van der Waals surface area (Å²) >= 11 is 0. The number of hydrogen-bond acceptors (Lipinski definition) is 5. The molecule has 1 heterocycles. The SMILES string of the molecule is CNCc1ccc(Oc2cc(C)c([N+](=O)[O-])cc2C)nc1. The van der Waals surface area contributed by atoms with Crippen LogP contribution in [0.25, 0.3) is 0 Å². The second-order valence-electron chi connectivity index (χ2n) is 4.80. The van der Waals surface area contributed by atoms with Crippen molar-refractivity contribution < 1.29 is 9.66 Å². The molecule has 0 radical (unpaired) electrons. The first-order chi connectivity index (χ1) is 10.0. The molecule has 1 aromatic heterocycles. The molecule has 1 aromatic carbocycles. The molecule has 0 saturated carbocycles. The van der Waals surface area contributed by atoms with Crippen LogP contribution in [0.3, 0.4) is 0 Å². The van der Waals surface area contributed by atoms with E-state index < -0.39 is 4.92 Å². The first-order valence-electron chi connectivity index (χ1n) is 6.54. The molecule has 6 nitrogen and oxygen atoms in total. The van der Waals surface area contributed by atoms with Gasteiger partial charge in [-0.15, -0.1) is 0 Å². The lowest BCUT2D eigenvalue weighted by molar-refractivity contribution is -0.385. The van der Waals surface area contributed by atoms with Crippen LogP contribution in [0, 0.1) is 24.0 Å². The molecule has 2 aromatic rings. The van der Waals surface area contributed by atoms with E-state index in [-0.39, 0.29) is 5.69 Å². The molecule has 0 aliphatic carbocycles. The number of hydrogen-bond donors (Lipinski definition) is 1. The molecule has 0 bridgehead atoms.